The number of hydrogen-bond donors (Lipinski definition) is 2. The highest BCUT2D eigenvalue weighted by molar-refractivity contribution is 4.77. The number of nitrogens with one attached hydrogen (secondary N) is 1. The number of rotatable bonds is 5. The summed E-state index contributed by atoms with van der Waals surface area (Å²) in [4.78, 5) is 0. The van der Waals surface area contributed by atoms with Crippen LogP contribution in [0.25, 0.3) is 0 Å². The minimum Gasteiger partial charge on any atom is -0.389 e. The van der Waals surface area contributed by atoms with Crippen LogP contribution in [-0.2, 0) is 0 Å². The van der Waals surface area contributed by atoms with E-state index in [0.717, 1.165) is 19.4 Å². The average Bonchev–Trinajstić information content (AvgIpc) is 1.97. The summed E-state index contributed by atoms with van der Waals surface area (Å²) in [6, 6.07) is 0. The Labute approximate surface area is 82.7 Å². The SMILES string of the molecule is CCNCC(C)(O)CCC(C)(C)C. The maximum absolute atomic E-state index is 9.95. The highest BCUT2D eigenvalue weighted by atomic mass is 16.3. The summed E-state index contributed by atoms with van der Waals surface area (Å²) in [6.45, 7) is 12.2. The molecule has 0 heterocycles. The van der Waals surface area contributed by atoms with Crippen LogP contribution in [0.1, 0.15) is 47.5 Å². The van der Waals surface area contributed by atoms with Gasteiger partial charge in [0.15, 0.2) is 0 Å². The maximum Gasteiger partial charge on any atom is 0.0743 e. The van der Waals surface area contributed by atoms with Crippen LogP contribution < -0.4 is 5.32 Å². The Morgan fingerprint density at radius 1 is 1.08 bits per heavy atom. The molecule has 0 radical (unpaired) electrons. The second kappa shape index (κ2) is 4.97. The Balaban J connectivity index is 3.75. The predicted molar refractivity (Wildman–Crippen MR) is 57.9 cm³/mol. The molecule has 1 atom stereocenters. The molecule has 0 aromatic heterocycles. The normalized spacial score (nSPS) is 17.1. The topological polar surface area (TPSA) is 32.3 Å². The van der Waals surface area contributed by atoms with Gasteiger partial charge in [0.2, 0.25) is 0 Å². The van der Waals surface area contributed by atoms with Crippen LogP contribution in [0.15, 0.2) is 0 Å². The van der Waals surface area contributed by atoms with Crippen LogP contribution in [0.5, 0.6) is 0 Å². The summed E-state index contributed by atoms with van der Waals surface area (Å²) in [5, 5.41) is 13.1. The van der Waals surface area contributed by atoms with Crippen LogP contribution >= 0.6 is 0 Å². The molecule has 2 nitrogen and oxygen atoms in total. The van der Waals surface area contributed by atoms with Gasteiger partial charge in [0.25, 0.3) is 0 Å². The molecular weight excluding hydrogens is 162 g/mol. The standard InChI is InChI=1S/C11H25NO/c1-6-12-9-11(5,13)8-7-10(2,3)4/h12-13H,6-9H2,1-5H3. The van der Waals surface area contributed by atoms with Gasteiger partial charge in [-0.25, -0.2) is 0 Å². The van der Waals surface area contributed by atoms with E-state index in [1.54, 1.807) is 0 Å². The van der Waals surface area contributed by atoms with E-state index >= 15 is 0 Å². The van der Waals surface area contributed by atoms with Gasteiger partial charge in [0.1, 0.15) is 0 Å². The molecule has 0 aliphatic carbocycles. The van der Waals surface area contributed by atoms with Crippen molar-refractivity contribution in [1.29, 1.82) is 0 Å². The molecule has 0 amide bonds. The lowest BCUT2D eigenvalue weighted by Crippen LogP contribution is -2.38. The third-order valence-corrected chi connectivity index (χ3v) is 2.17. The van der Waals surface area contributed by atoms with E-state index in [0.29, 0.717) is 12.0 Å². The third-order valence-electron chi connectivity index (χ3n) is 2.17. The molecule has 0 aliphatic rings. The Hall–Kier alpha value is -0.0800. The molecule has 0 aromatic rings. The smallest absolute Gasteiger partial charge is 0.0743 e. The van der Waals surface area contributed by atoms with Gasteiger partial charge >= 0.3 is 0 Å². The lowest BCUT2D eigenvalue weighted by atomic mass is 9.85. The van der Waals surface area contributed by atoms with Crippen molar-refractivity contribution in [3.8, 4) is 0 Å². The summed E-state index contributed by atoms with van der Waals surface area (Å²) >= 11 is 0. The Morgan fingerprint density at radius 3 is 2.00 bits per heavy atom. The highest BCUT2D eigenvalue weighted by Crippen LogP contribution is 2.25. The van der Waals surface area contributed by atoms with Crippen LogP contribution in [-0.4, -0.2) is 23.8 Å². The lowest BCUT2D eigenvalue weighted by Gasteiger charge is -2.27. The molecule has 2 heteroatoms. The van der Waals surface area contributed by atoms with Crippen molar-refractivity contribution in [2.75, 3.05) is 13.1 Å². The number of hydrogen-bond acceptors (Lipinski definition) is 2. The first-order valence-corrected chi connectivity index (χ1v) is 5.20. The van der Waals surface area contributed by atoms with E-state index in [1.165, 1.54) is 0 Å². The fourth-order valence-corrected chi connectivity index (χ4v) is 1.13. The van der Waals surface area contributed by atoms with Crippen molar-refractivity contribution in [2.45, 2.75) is 53.1 Å². The maximum atomic E-state index is 9.95. The summed E-state index contributed by atoms with van der Waals surface area (Å²) in [5.41, 5.74) is -0.237. The van der Waals surface area contributed by atoms with Gasteiger partial charge < -0.3 is 10.4 Å². The van der Waals surface area contributed by atoms with Crippen LogP contribution in [0, 0.1) is 5.41 Å². The zero-order valence-corrected chi connectivity index (χ0v) is 9.78. The van der Waals surface area contributed by atoms with Crippen molar-refractivity contribution in [1.82, 2.24) is 5.32 Å². The van der Waals surface area contributed by atoms with Gasteiger partial charge in [-0.3, -0.25) is 0 Å². The molecule has 80 valence electrons. The Kier molecular flexibility index (Phi) is 4.93. The minimum atomic E-state index is -0.552. The molecule has 0 saturated heterocycles. The molecule has 0 fully saturated rings. The van der Waals surface area contributed by atoms with E-state index in [1.807, 2.05) is 6.92 Å². The van der Waals surface area contributed by atoms with Crippen molar-refractivity contribution in [2.24, 2.45) is 5.41 Å². The van der Waals surface area contributed by atoms with E-state index in [4.69, 9.17) is 0 Å². The number of likely N-dealkylation sites (N-methyl/N-ethyl adjacent to an activating group) is 1. The van der Waals surface area contributed by atoms with Gasteiger partial charge in [-0.05, 0) is 31.7 Å². The summed E-state index contributed by atoms with van der Waals surface area (Å²) in [7, 11) is 0. The quantitative estimate of drug-likeness (QED) is 0.691. The molecule has 0 spiro atoms. The second-order valence-corrected chi connectivity index (χ2v) is 5.34. The van der Waals surface area contributed by atoms with Gasteiger partial charge in [0, 0.05) is 6.54 Å². The fraction of sp³-hybridized carbons (Fsp3) is 1.00. The van der Waals surface area contributed by atoms with Crippen molar-refractivity contribution >= 4 is 0 Å². The van der Waals surface area contributed by atoms with Gasteiger partial charge in [-0.1, -0.05) is 27.7 Å². The largest absolute Gasteiger partial charge is 0.389 e. The zero-order valence-electron chi connectivity index (χ0n) is 9.78. The first-order valence-electron chi connectivity index (χ1n) is 5.20. The van der Waals surface area contributed by atoms with E-state index in [9.17, 15) is 5.11 Å². The number of aliphatic hydroxyl groups is 1. The van der Waals surface area contributed by atoms with Crippen molar-refractivity contribution in [3.63, 3.8) is 0 Å². The second-order valence-electron chi connectivity index (χ2n) is 5.34. The van der Waals surface area contributed by atoms with Gasteiger partial charge in [-0.2, -0.15) is 0 Å². The molecule has 0 aromatic carbocycles. The first-order chi connectivity index (χ1) is 5.77. The van der Waals surface area contributed by atoms with Crippen LogP contribution in [0.2, 0.25) is 0 Å². The highest BCUT2D eigenvalue weighted by Gasteiger charge is 2.22. The molecule has 1 unspecified atom stereocenters. The van der Waals surface area contributed by atoms with Crippen molar-refractivity contribution < 1.29 is 5.11 Å². The summed E-state index contributed by atoms with van der Waals surface area (Å²) < 4.78 is 0. The predicted octanol–water partition coefficient (Wildman–Crippen LogP) is 2.17. The molecule has 0 saturated carbocycles. The van der Waals surface area contributed by atoms with Gasteiger partial charge in [0.05, 0.1) is 5.60 Å². The average molecular weight is 187 g/mol. The van der Waals surface area contributed by atoms with E-state index in [-0.39, 0.29) is 0 Å². The Bertz CT molecular complexity index is 136. The molecule has 0 rings (SSSR count). The first kappa shape index (κ1) is 12.9. The van der Waals surface area contributed by atoms with Crippen molar-refractivity contribution in [3.05, 3.63) is 0 Å². The van der Waals surface area contributed by atoms with Crippen LogP contribution in [0.4, 0.5) is 0 Å². The van der Waals surface area contributed by atoms with E-state index in [2.05, 4.69) is 33.0 Å². The van der Waals surface area contributed by atoms with Crippen LogP contribution in [0.3, 0.4) is 0 Å². The molecule has 13 heavy (non-hydrogen) atoms. The molecule has 0 bridgehead atoms. The monoisotopic (exact) mass is 187 g/mol. The fourth-order valence-electron chi connectivity index (χ4n) is 1.13. The summed E-state index contributed by atoms with van der Waals surface area (Å²) in [5.74, 6) is 0. The Morgan fingerprint density at radius 2 is 1.62 bits per heavy atom. The molecular formula is C11H25NO. The molecule has 0 aliphatic heterocycles. The zero-order chi connectivity index (χ0) is 10.5. The van der Waals surface area contributed by atoms with Gasteiger partial charge in [-0.15, -0.1) is 0 Å². The summed E-state index contributed by atoms with van der Waals surface area (Å²) in [6.07, 6.45) is 1.93. The van der Waals surface area contributed by atoms with E-state index < -0.39 is 5.60 Å². The lowest BCUT2D eigenvalue weighted by molar-refractivity contribution is 0.0399. The minimum absolute atomic E-state index is 0.316. The molecule has 2 N–H and O–H groups in total. The third kappa shape index (κ3) is 8.26.